The molecule has 6 nitrogen and oxygen atoms in total. The number of benzene rings is 1. The zero-order valence-corrected chi connectivity index (χ0v) is 16.0. The minimum absolute atomic E-state index is 0.240. The highest BCUT2D eigenvalue weighted by atomic mass is 79.9. The number of likely N-dealkylation sites (tertiary alicyclic amines) is 1. The van der Waals surface area contributed by atoms with Gasteiger partial charge >= 0.3 is 0 Å². The molecule has 1 aliphatic heterocycles. The van der Waals surface area contributed by atoms with E-state index in [4.69, 9.17) is 4.74 Å². The Hall–Kier alpha value is -2.06. The molecule has 0 atom stereocenters. The van der Waals surface area contributed by atoms with Gasteiger partial charge in [-0.05, 0) is 54.0 Å². The SMILES string of the molecule is Cn1nc(-c2cc(F)c(OCCN3CCCC3)c(Br)c2)c2cncnc21. The summed E-state index contributed by atoms with van der Waals surface area (Å²) < 4.78 is 22.6. The number of hydrogen-bond donors (Lipinski definition) is 0. The molecule has 3 aromatic rings. The predicted octanol–water partition coefficient (Wildman–Crippen LogP) is 3.41. The molecule has 0 unspecified atom stereocenters. The fourth-order valence-electron chi connectivity index (χ4n) is 3.33. The van der Waals surface area contributed by atoms with Gasteiger partial charge in [-0.15, -0.1) is 0 Å². The van der Waals surface area contributed by atoms with Gasteiger partial charge in [0.15, 0.2) is 17.2 Å². The number of ether oxygens (including phenoxy) is 1. The maximum atomic E-state index is 14.7. The van der Waals surface area contributed by atoms with Gasteiger partial charge in [-0.25, -0.2) is 19.0 Å². The van der Waals surface area contributed by atoms with E-state index < -0.39 is 5.82 Å². The molecule has 2 aromatic heterocycles. The Labute approximate surface area is 159 Å². The highest BCUT2D eigenvalue weighted by Crippen LogP contribution is 2.35. The van der Waals surface area contributed by atoms with Crippen LogP contribution < -0.4 is 4.74 Å². The molecule has 1 aromatic carbocycles. The molecular formula is C18H19BrFN5O. The number of rotatable bonds is 5. The average molecular weight is 420 g/mol. The molecule has 0 bridgehead atoms. The smallest absolute Gasteiger partial charge is 0.169 e. The Morgan fingerprint density at radius 3 is 2.85 bits per heavy atom. The molecule has 8 heteroatoms. The molecule has 3 heterocycles. The number of nitrogens with zero attached hydrogens (tertiary/aromatic N) is 5. The van der Waals surface area contributed by atoms with Gasteiger partial charge in [-0.1, -0.05) is 0 Å². The first kappa shape index (κ1) is 17.4. The van der Waals surface area contributed by atoms with Crippen LogP contribution in [0.5, 0.6) is 5.75 Å². The quantitative estimate of drug-likeness (QED) is 0.634. The monoisotopic (exact) mass is 419 g/mol. The Morgan fingerprint density at radius 1 is 1.27 bits per heavy atom. The number of aromatic nitrogens is 4. The minimum Gasteiger partial charge on any atom is -0.488 e. The van der Waals surface area contributed by atoms with Crippen molar-refractivity contribution in [1.29, 1.82) is 0 Å². The number of fused-ring (bicyclic) bond motifs is 1. The summed E-state index contributed by atoms with van der Waals surface area (Å²) in [6.07, 6.45) is 5.63. The molecule has 0 saturated carbocycles. The van der Waals surface area contributed by atoms with Crippen molar-refractivity contribution in [3.63, 3.8) is 0 Å². The van der Waals surface area contributed by atoms with E-state index in [2.05, 4.69) is 35.9 Å². The van der Waals surface area contributed by atoms with Crippen LogP contribution >= 0.6 is 15.9 Å². The first-order valence-electron chi connectivity index (χ1n) is 8.61. The molecular weight excluding hydrogens is 401 g/mol. The lowest BCUT2D eigenvalue weighted by atomic mass is 10.1. The molecule has 0 spiro atoms. The van der Waals surface area contributed by atoms with Crippen molar-refractivity contribution in [2.75, 3.05) is 26.2 Å². The van der Waals surface area contributed by atoms with Crippen LogP contribution in [0.15, 0.2) is 29.1 Å². The van der Waals surface area contributed by atoms with Gasteiger partial charge in [0, 0.05) is 25.4 Å². The van der Waals surface area contributed by atoms with Crippen LogP contribution in [0.3, 0.4) is 0 Å². The third kappa shape index (κ3) is 3.31. The van der Waals surface area contributed by atoms with Crippen molar-refractivity contribution >= 4 is 27.0 Å². The Kier molecular flexibility index (Phi) is 4.86. The van der Waals surface area contributed by atoms with Gasteiger partial charge in [0.25, 0.3) is 0 Å². The number of hydrogen-bond acceptors (Lipinski definition) is 5. The highest BCUT2D eigenvalue weighted by Gasteiger charge is 2.18. The minimum atomic E-state index is -0.411. The third-order valence-electron chi connectivity index (χ3n) is 4.63. The summed E-state index contributed by atoms with van der Waals surface area (Å²) in [7, 11) is 1.81. The summed E-state index contributed by atoms with van der Waals surface area (Å²) in [5.41, 5.74) is 2.01. The largest absolute Gasteiger partial charge is 0.488 e. The maximum absolute atomic E-state index is 14.7. The van der Waals surface area contributed by atoms with E-state index in [-0.39, 0.29) is 5.75 Å². The zero-order valence-electron chi connectivity index (χ0n) is 14.5. The van der Waals surface area contributed by atoms with Crippen molar-refractivity contribution in [3.05, 3.63) is 34.9 Å². The van der Waals surface area contributed by atoms with Crippen LogP contribution in [-0.4, -0.2) is 50.9 Å². The number of halogens is 2. The lowest BCUT2D eigenvalue weighted by molar-refractivity contribution is 0.230. The molecule has 26 heavy (non-hydrogen) atoms. The van der Waals surface area contributed by atoms with Crippen molar-refractivity contribution in [2.24, 2.45) is 7.05 Å². The van der Waals surface area contributed by atoms with Crippen molar-refractivity contribution in [2.45, 2.75) is 12.8 Å². The molecule has 0 amide bonds. The Bertz CT molecular complexity index is 915. The summed E-state index contributed by atoms with van der Waals surface area (Å²) >= 11 is 3.44. The maximum Gasteiger partial charge on any atom is 0.169 e. The second-order valence-corrected chi connectivity index (χ2v) is 7.25. The Balaban J connectivity index is 1.58. The molecule has 136 valence electrons. The summed E-state index contributed by atoms with van der Waals surface area (Å²) in [5, 5.41) is 5.25. The van der Waals surface area contributed by atoms with Crippen molar-refractivity contribution in [3.8, 4) is 17.0 Å². The molecule has 0 aliphatic carbocycles. The topological polar surface area (TPSA) is 56.1 Å². The van der Waals surface area contributed by atoms with Crippen LogP contribution in [0.25, 0.3) is 22.3 Å². The van der Waals surface area contributed by atoms with Crippen molar-refractivity contribution < 1.29 is 9.13 Å². The second kappa shape index (κ2) is 7.28. The van der Waals surface area contributed by atoms with Gasteiger partial charge in [0.2, 0.25) is 0 Å². The van der Waals surface area contributed by atoms with E-state index in [0.717, 1.165) is 25.0 Å². The highest BCUT2D eigenvalue weighted by molar-refractivity contribution is 9.10. The van der Waals surface area contributed by atoms with E-state index >= 15 is 0 Å². The van der Waals surface area contributed by atoms with Gasteiger partial charge < -0.3 is 4.74 Å². The first-order chi connectivity index (χ1) is 12.6. The second-order valence-electron chi connectivity index (χ2n) is 6.40. The summed E-state index contributed by atoms with van der Waals surface area (Å²) in [5.74, 6) is -0.170. The molecule has 0 radical (unpaired) electrons. The average Bonchev–Trinajstić information content (AvgIpc) is 3.26. The van der Waals surface area contributed by atoms with Crippen LogP contribution in [0, 0.1) is 5.82 Å². The zero-order chi connectivity index (χ0) is 18.1. The van der Waals surface area contributed by atoms with Crippen LogP contribution in [0.1, 0.15) is 12.8 Å². The standard InChI is InChI=1S/C18H19BrFN5O/c1-24-18-13(10-21-11-22-18)16(23-24)12-8-14(19)17(15(20)9-12)26-7-6-25-4-2-3-5-25/h8-11H,2-7H2,1H3. The van der Waals surface area contributed by atoms with Gasteiger partial charge in [-0.2, -0.15) is 5.10 Å². The normalized spacial score (nSPS) is 15.0. The number of aryl methyl sites for hydroxylation is 1. The Morgan fingerprint density at radius 2 is 2.08 bits per heavy atom. The first-order valence-corrected chi connectivity index (χ1v) is 9.40. The molecule has 1 saturated heterocycles. The van der Waals surface area contributed by atoms with Crippen LogP contribution in [-0.2, 0) is 7.05 Å². The molecule has 1 fully saturated rings. The van der Waals surface area contributed by atoms with Crippen LogP contribution in [0.4, 0.5) is 4.39 Å². The van der Waals surface area contributed by atoms with E-state index in [1.54, 1.807) is 17.9 Å². The van der Waals surface area contributed by atoms with E-state index in [1.165, 1.54) is 25.2 Å². The van der Waals surface area contributed by atoms with Gasteiger partial charge in [0.1, 0.15) is 18.6 Å². The third-order valence-corrected chi connectivity index (χ3v) is 5.22. The molecule has 4 rings (SSSR count). The summed E-state index contributed by atoms with van der Waals surface area (Å²) in [4.78, 5) is 10.6. The predicted molar refractivity (Wildman–Crippen MR) is 101 cm³/mol. The van der Waals surface area contributed by atoms with E-state index in [9.17, 15) is 4.39 Å². The fourth-order valence-corrected chi connectivity index (χ4v) is 3.88. The van der Waals surface area contributed by atoms with Crippen LogP contribution in [0.2, 0.25) is 0 Å². The van der Waals surface area contributed by atoms with Gasteiger partial charge in [-0.3, -0.25) is 4.90 Å². The van der Waals surface area contributed by atoms with Crippen molar-refractivity contribution in [1.82, 2.24) is 24.6 Å². The lowest BCUT2D eigenvalue weighted by Crippen LogP contribution is -2.25. The van der Waals surface area contributed by atoms with Gasteiger partial charge in [0.05, 0.1) is 9.86 Å². The molecule has 0 N–H and O–H groups in total. The summed E-state index contributed by atoms with van der Waals surface area (Å²) in [6.45, 7) is 3.48. The molecule has 1 aliphatic rings. The van der Waals surface area contributed by atoms with E-state index in [1.807, 2.05) is 6.07 Å². The summed E-state index contributed by atoms with van der Waals surface area (Å²) in [6, 6.07) is 3.27. The van der Waals surface area contributed by atoms with E-state index in [0.29, 0.717) is 28.0 Å². The fraction of sp³-hybridized carbons (Fsp3) is 0.389. The lowest BCUT2D eigenvalue weighted by Gasteiger charge is -2.16.